The van der Waals surface area contributed by atoms with Crippen molar-refractivity contribution in [2.45, 2.75) is 17.5 Å². The molecule has 0 saturated heterocycles. The number of hydrogen-bond donors (Lipinski definition) is 1. The smallest absolute Gasteiger partial charge is 0.336 e. The SMILES string of the molecule is O=c1cc(CSc2nnc(-c3ccccc3F)n2Cc2ccccc2)c2ccc(O)cc2o1. The highest BCUT2D eigenvalue weighted by Crippen LogP contribution is 2.31. The zero-order chi connectivity index (χ0) is 22.8. The van der Waals surface area contributed by atoms with Crippen molar-refractivity contribution in [1.82, 2.24) is 14.8 Å². The van der Waals surface area contributed by atoms with E-state index >= 15 is 0 Å². The Morgan fingerprint density at radius 1 is 0.970 bits per heavy atom. The van der Waals surface area contributed by atoms with Gasteiger partial charge in [0.25, 0.3) is 0 Å². The molecule has 8 heteroatoms. The third-order valence-corrected chi connectivity index (χ3v) is 6.20. The van der Waals surface area contributed by atoms with E-state index in [9.17, 15) is 14.3 Å². The molecule has 0 saturated carbocycles. The van der Waals surface area contributed by atoms with Crippen LogP contribution in [0, 0.1) is 5.82 Å². The molecule has 0 atom stereocenters. The van der Waals surface area contributed by atoms with Crippen LogP contribution in [0.15, 0.2) is 93.2 Å². The van der Waals surface area contributed by atoms with Gasteiger partial charge in [0.1, 0.15) is 17.1 Å². The maximum absolute atomic E-state index is 14.6. The molecule has 0 spiro atoms. The fraction of sp³-hybridized carbons (Fsp3) is 0.0800. The number of aromatic nitrogens is 3. The molecule has 164 valence electrons. The molecule has 0 unspecified atom stereocenters. The number of fused-ring (bicyclic) bond motifs is 1. The summed E-state index contributed by atoms with van der Waals surface area (Å²) in [7, 11) is 0. The second kappa shape index (κ2) is 8.91. The predicted octanol–water partition coefficient (Wildman–Crippen LogP) is 5.24. The number of phenols is 1. The first-order valence-electron chi connectivity index (χ1n) is 10.2. The summed E-state index contributed by atoms with van der Waals surface area (Å²) in [6.45, 7) is 0.464. The van der Waals surface area contributed by atoms with Crippen LogP contribution in [0.2, 0.25) is 0 Å². The Morgan fingerprint density at radius 3 is 2.58 bits per heavy atom. The van der Waals surface area contributed by atoms with Crippen molar-refractivity contribution >= 4 is 22.7 Å². The van der Waals surface area contributed by atoms with Crippen LogP contribution in [0.1, 0.15) is 11.1 Å². The summed E-state index contributed by atoms with van der Waals surface area (Å²) in [5, 5.41) is 19.6. The first kappa shape index (κ1) is 21.0. The van der Waals surface area contributed by atoms with Gasteiger partial charge in [-0.3, -0.25) is 4.57 Å². The van der Waals surface area contributed by atoms with E-state index in [4.69, 9.17) is 4.42 Å². The van der Waals surface area contributed by atoms with Crippen LogP contribution < -0.4 is 5.63 Å². The fourth-order valence-corrected chi connectivity index (χ4v) is 4.55. The minimum atomic E-state index is -0.499. The predicted molar refractivity (Wildman–Crippen MR) is 125 cm³/mol. The van der Waals surface area contributed by atoms with E-state index in [2.05, 4.69) is 10.2 Å². The van der Waals surface area contributed by atoms with E-state index in [1.165, 1.54) is 30.0 Å². The molecule has 0 aliphatic carbocycles. The van der Waals surface area contributed by atoms with Crippen molar-refractivity contribution in [3.05, 3.63) is 106 Å². The number of thioether (sulfide) groups is 1. The highest BCUT2D eigenvalue weighted by molar-refractivity contribution is 7.98. The van der Waals surface area contributed by atoms with E-state index < -0.39 is 5.63 Å². The van der Waals surface area contributed by atoms with Gasteiger partial charge >= 0.3 is 5.63 Å². The van der Waals surface area contributed by atoms with Crippen LogP contribution in [0.5, 0.6) is 5.75 Å². The lowest BCUT2D eigenvalue weighted by Crippen LogP contribution is -2.05. The quantitative estimate of drug-likeness (QED) is 0.276. The van der Waals surface area contributed by atoms with Crippen molar-refractivity contribution < 1.29 is 13.9 Å². The summed E-state index contributed by atoms with van der Waals surface area (Å²) in [6, 6.07) is 22.4. The summed E-state index contributed by atoms with van der Waals surface area (Å²) in [6.07, 6.45) is 0. The maximum Gasteiger partial charge on any atom is 0.336 e. The minimum absolute atomic E-state index is 0.0209. The molecule has 5 rings (SSSR count). The molecule has 2 heterocycles. The highest BCUT2D eigenvalue weighted by atomic mass is 32.2. The molecule has 0 amide bonds. The number of benzene rings is 3. The molecule has 3 aromatic carbocycles. The largest absolute Gasteiger partial charge is 0.508 e. The molecule has 33 heavy (non-hydrogen) atoms. The number of aromatic hydroxyl groups is 1. The third-order valence-electron chi connectivity index (χ3n) is 5.19. The molecule has 0 aliphatic rings. The van der Waals surface area contributed by atoms with Crippen LogP contribution in [0.3, 0.4) is 0 Å². The number of rotatable bonds is 6. The molecule has 6 nitrogen and oxygen atoms in total. The lowest BCUT2D eigenvalue weighted by atomic mass is 10.1. The third kappa shape index (κ3) is 4.38. The monoisotopic (exact) mass is 459 g/mol. The Morgan fingerprint density at radius 2 is 1.76 bits per heavy atom. The van der Waals surface area contributed by atoms with Gasteiger partial charge < -0.3 is 9.52 Å². The number of hydrogen-bond acceptors (Lipinski definition) is 6. The first-order chi connectivity index (χ1) is 16.1. The summed E-state index contributed by atoms with van der Waals surface area (Å²) >= 11 is 1.39. The van der Waals surface area contributed by atoms with Gasteiger partial charge in [-0.1, -0.05) is 54.2 Å². The second-order valence-corrected chi connectivity index (χ2v) is 8.36. The van der Waals surface area contributed by atoms with Gasteiger partial charge in [0, 0.05) is 23.3 Å². The normalized spacial score (nSPS) is 11.2. The lowest BCUT2D eigenvalue weighted by molar-refractivity contribution is 0.473. The zero-order valence-corrected chi connectivity index (χ0v) is 18.1. The summed E-state index contributed by atoms with van der Waals surface area (Å²) in [5.41, 5.74) is 1.96. The van der Waals surface area contributed by atoms with Gasteiger partial charge in [0.2, 0.25) is 0 Å². The van der Waals surface area contributed by atoms with Crippen LogP contribution >= 0.6 is 11.8 Å². The maximum atomic E-state index is 14.6. The van der Waals surface area contributed by atoms with Gasteiger partial charge in [-0.15, -0.1) is 10.2 Å². The first-order valence-corrected chi connectivity index (χ1v) is 11.2. The van der Waals surface area contributed by atoms with Crippen molar-refractivity contribution in [3.63, 3.8) is 0 Å². The standard InChI is InChI=1S/C25H18FN3O3S/c26-21-9-5-4-8-20(21)24-27-28-25(29(24)14-16-6-2-1-3-7-16)33-15-17-12-23(31)32-22-13-18(30)10-11-19(17)22/h1-13,30H,14-15H2. The summed E-state index contributed by atoms with van der Waals surface area (Å²) in [5.74, 6) is 0.494. The second-order valence-electron chi connectivity index (χ2n) is 7.42. The van der Waals surface area contributed by atoms with Crippen LogP contribution in [-0.2, 0) is 12.3 Å². The Kier molecular flexibility index (Phi) is 5.66. The molecular weight excluding hydrogens is 441 g/mol. The van der Waals surface area contributed by atoms with Gasteiger partial charge in [0.15, 0.2) is 11.0 Å². The van der Waals surface area contributed by atoms with E-state index in [-0.39, 0.29) is 11.6 Å². The molecule has 2 aromatic heterocycles. The van der Waals surface area contributed by atoms with E-state index in [1.54, 1.807) is 30.3 Å². The zero-order valence-electron chi connectivity index (χ0n) is 17.3. The number of nitrogens with zero attached hydrogens (tertiary/aromatic N) is 3. The number of halogens is 1. The Bertz CT molecular complexity index is 1500. The molecule has 0 fully saturated rings. The van der Waals surface area contributed by atoms with Gasteiger partial charge in [-0.2, -0.15) is 0 Å². The molecular formula is C25H18FN3O3S. The Labute approximate surface area is 192 Å². The van der Waals surface area contributed by atoms with E-state index in [1.807, 2.05) is 34.9 Å². The van der Waals surface area contributed by atoms with Gasteiger partial charge in [0.05, 0.1) is 12.1 Å². The van der Waals surface area contributed by atoms with Gasteiger partial charge in [-0.25, -0.2) is 9.18 Å². The molecule has 0 bridgehead atoms. The fourth-order valence-electron chi connectivity index (χ4n) is 3.63. The highest BCUT2D eigenvalue weighted by Gasteiger charge is 2.18. The minimum Gasteiger partial charge on any atom is -0.508 e. The van der Waals surface area contributed by atoms with Crippen molar-refractivity contribution in [2.24, 2.45) is 0 Å². The average molecular weight is 460 g/mol. The Balaban J connectivity index is 1.53. The Hall–Kier alpha value is -3.91. The summed E-state index contributed by atoms with van der Waals surface area (Å²) < 4.78 is 21.6. The lowest BCUT2D eigenvalue weighted by Gasteiger charge is -2.11. The van der Waals surface area contributed by atoms with Crippen molar-refractivity contribution in [3.8, 4) is 17.1 Å². The van der Waals surface area contributed by atoms with Gasteiger partial charge in [-0.05, 0) is 35.4 Å². The van der Waals surface area contributed by atoms with Crippen LogP contribution in [-0.4, -0.2) is 19.9 Å². The topological polar surface area (TPSA) is 81.2 Å². The van der Waals surface area contributed by atoms with Crippen LogP contribution in [0.25, 0.3) is 22.4 Å². The van der Waals surface area contributed by atoms with Crippen molar-refractivity contribution in [2.75, 3.05) is 0 Å². The summed E-state index contributed by atoms with van der Waals surface area (Å²) in [4.78, 5) is 12.0. The molecule has 1 N–H and O–H groups in total. The molecule has 0 aliphatic heterocycles. The van der Waals surface area contributed by atoms with E-state index in [0.717, 1.165) is 16.5 Å². The molecule has 5 aromatic rings. The van der Waals surface area contributed by atoms with E-state index in [0.29, 0.717) is 34.4 Å². The average Bonchev–Trinajstić information content (AvgIpc) is 3.20. The van der Waals surface area contributed by atoms with Crippen molar-refractivity contribution in [1.29, 1.82) is 0 Å². The molecule has 0 radical (unpaired) electrons. The van der Waals surface area contributed by atoms with Crippen LogP contribution in [0.4, 0.5) is 4.39 Å². The number of phenolic OH excluding ortho intramolecular Hbond substituents is 1.